The van der Waals surface area contributed by atoms with Crippen molar-refractivity contribution in [2.75, 3.05) is 28.6 Å². The van der Waals surface area contributed by atoms with E-state index in [4.69, 9.17) is 5.73 Å². The van der Waals surface area contributed by atoms with E-state index in [0.717, 1.165) is 25.8 Å². The van der Waals surface area contributed by atoms with Gasteiger partial charge in [-0.25, -0.2) is 9.78 Å². The molecule has 2 saturated heterocycles. The number of nitrogens with zero attached hydrogens (tertiary/aromatic N) is 3. The maximum atomic E-state index is 11.4. The number of nitrogens with two attached hydrogens (primary N) is 1. The van der Waals surface area contributed by atoms with Crippen LogP contribution in [-0.2, 0) is 9.59 Å². The van der Waals surface area contributed by atoms with Gasteiger partial charge in [0.05, 0.1) is 5.69 Å². The number of pyridine rings is 1. The molecule has 124 valence electrons. The third-order valence-corrected chi connectivity index (χ3v) is 4.51. The molecule has 0 bridgehead atoms. The Morgan fingerprint density at radius 3 is 2.78 bits per heavy atom. The fraction of sp³-hybridized carbons (Fsp3) is 0.533. The minimum atomic E-state index is -0.851. The van der Waals surface area contributed by atoms with Crippen LogP contribution in [0.15, 0.2) is 12.1 Å². The lowest BCUT2D eigenvalue weighted by atomic mass is 10.2. The third-order valence-electron chi connectivity index (χ3n) is 4.51. The van der Waals surface area contributed by atoms with Gasteiger partial charge in [0.25, 0.3) is 0 Å². The van der Waals surface area contributed by atoms with Gasteiger partial charge in [0, 0.05) is 13.1 Å². The minimum Gasteiger partial charge on any atom is -0.480 e. The van der Waals surface area contributed by atoms with Gasteiger partial charge in [0.15, 0.2) is 5.82 Å². The van der Waals surface area contributed by atoms with Crippen LogP contribution in [0.25, 0.3) is 0 Å². The molecule has 3 heterocycles. The molecule has 23 heavy (non-hydrogen) atoms. The number of anilines is 3. The second-order valence-electron chi connectivity index (χ2n) is 5.91. The van der Waals surface area contributed by atoms with Crippen LogP contribution in [0.5, 0.6) is 0 Å². The summed E-state index contributed by atoms with van der Waals surface area (Å²) in [6.45, 7) is 1.43. The van der Waals surface area contributed by atoms with Crippen LogP contribution in [0.3, 0.4) is 0 Å². The number of carboxylic acids is 1. The summed E-state index contributed by atoms with van der Waals surface area (Å²) in [4.78, 5) is 30.5. The second kappa shape index (κ2) is 6.31. The van der Waals surface area contributed by atoms with E-state index in [1.54, 1.807) is 11.0 Å². The van der Waals surface area contributed by atoms with Gasteiger partial charge in [-0.3, -0.25) is 4.79 Å². The lowest BCUT2D eigenvalue weighted by molar-refractivity contribution is -0.138. The van der Waals surface area contributed by atoms with Gasteiger partial charge in [0.1, 0.15) is 18.0 Å². The SMILES string of the molecule is Nc1ccc(N2CCCC2NC=O)nc1N1CCCC1C(=O)O. The molecular weight excluding hydrogens is 298 g/mol. The van der Waals surface area contributed by atoms with Gasteiger partial charge in [0.2, 0.25) is 6.41 Å². The van der Waals surface area contributed by atoms with Gasteiger partial charge in [-0.15, -0.1) is 0 Å². The summed E-state index contributed by atoms with van der Waals surface area (Å²) in [5.74, 6) is 0.377. The highest BCUT2D eigenvalue weighted by molar-refractivity contribution is 5.81. The smallest absolute Gasteiger partial charge is 0.326 e. The Labute approximate surface area is 134 Å². The van der Waals surface area contributed by atoms with Gasteiger partial charge in [-0.1, -0.05) is 0 Å². The number of aliphatic carboxylic acids is 1. The molecular formula is C15H21N5O3. The van der Waals surface area contributed by atoms with E-state index in [0.29, 0.717) is 36.7 Å². The van der Waals surface area contributed by atoms with Crippen molar-refractivity contribution >= 4 is 29.7 Å². The molecule has 2 fully saturated rings. The van der Waals surface area contributed by atoms with Crippen LogP contribution in [0.1, 0.15) is 25.7 Å². The summed E-state index contributed by atoms with van der Waals surface area (Å²) in [6.07, 6.45) is 3.85. The first-order chi connectivity index (χ1) is 11.1. The number of nitrogens with one attached hydrogen (secondary N) is 1. The number of rotatable bonds is 5. The molecule has 4 N–H and O–H groups in total. The van der Waals surface area contributed by atoms with E-state index in [-0.39, 0.29) is 6.17 Å². The summed E-state index contributed by atoms with van der Waals surface area (Å²) in [5, 5.41) is 12.1. The Kier molecular flexibility index (Phi) is 4.22. The number of hydrogen-bond donors (Lipinski definition) is 3. The standard InChI is InChI=1S/C15H21N5O3/c16-10-5-6-13(20-8-2-4-12(20)17-9-21)18-14(10)19-7-1-3-11(19)15(22)23/h5-6,9,11-12H,1-4,7-8,16H2,(H,17,21)(H,22,23). The highest BCUT2D eigenvalue weighted by Gasteiger charge is 2.33. The number of carbonyl (C=O) groups excluding carboxylic acids is 1. The largest absolute Gasteiger partial charge is 0.480 e. The number of nitrogen functional groups attached to an aromatic ring is 1. The Balaban J connectivity index is 1.90. The predicted molar refractivity (Wildman–Crippen MR) is 86.2 cm³/mol. The summed E-state index contributed by atoms with van der Waals surface area (Å²) in [7, 11) is 0. The Hall–Kier alpha value is -2.51. The molecule has 2 aliphatic heterocycles. The Morgan fingerprint density at radius 1 is 1.30 bits per heavy atom. The maximum absolute atomic E-state index is 11.4. The zero-order chi connectivity index (χ0) is 16.4. The molecule has 0 saturated carbocycles. The molecule has 8 nitrogen and oxygen atoms in total. The van der Waals surface area contributed by atoms with Gasteiger partial charge in [-0.2, -0.15) is 0 Å². The van der Waals surface area contributed by atoms with Crippen molar-refractivity contribution in [1.29, 1.82) is 0 Å². The average Bonchev–Trinajstić information content (AvgIpc) is 3.17. The van der Waals surface area contributed by atoms with E-state index in [1.165, 1.54) is 0 Å². The highest BCUT2D eigenvalue weighted by Crippen LogP contribution is 2.32. The van der Waals surface area contributed by atoms with Crippen molar-refractivity contribution < 1.29 is 14.7 Å². The molecule has 2 aliphatic rings. The van der Waals surface area contributed by atoms with Crippen molar-refractivity contribution in [3.63, 3.8) is 0 Å². The molecule has 0 aromatic carbocycles. The molecule has 8 heteroatoms. The molecule has 0 radical (unpaired) electrons. The number of hydrogen-bond acceptors (Lipinski definition) is 6. The first-order valence-electron chi connectivity index (χ1n) is 7.84. The number of carboxylic acid groups (broad SMARTS) is 1. The summed E-state index contributed by atoms with van der Waals surface area (Å²) in [6, 6.07) is 2.99. The quantitative estimate of drug-likeness (QED) is 0.673. The zero-order valence-electron chi connectivity index (χ0n) is 12.8. The first-order valence-corrected chi connectivity index (χ1v) is 7.84. The van der Waals surface area contributed by atoms with Gasteiger partial charge >= 0.3 is 5.97 Å². The summed E-state index contributed by atoms with van der Waals surface area (Å²) < 4.78 is 0. The topological polar surface area (TPSA) is 112 Å². The van der Waals surface area contributed by atoms with E-state index in [2.05, 4.69) is 10.3 Å². The molecule has 1 amide bonds. The number of aromatic nitrogens is 1. The summed E-state index contributed by atoms with van der Waals surface area (Å²) in [5.41, 5.74) is 6.51. The monoisotopic (exact) mass is 319 g/mol. The zero-order valence-corrected chi connectivity index (χ0v) is 12.8. The van der Waals surface area contributed by atoms with Crippen LogP contribution in [0, 0.1) is 0 Å². The van der Waals surface area contributed by atoms with E-state index in [1.807, 2.05) is 11.0 Å². The Bertz CT molecular complexity index is 609. The second-order valence-corrected chi connectivity index (χ2v) is 5.91. The van der Waals surface area contributed by atoms with Crippen molar-refractivity contribution in [3.05, 3.63) is 12.1 Å². The van der Waals surface area contributed by atoms with Crippen LogP contribution in [-0.4, -0.2) is 47.8 Å². The number of carbonyl (C=O) groups is 2. The molecule has 0 aliphatic carbocycles. The van der Waals surface area contributed by atoms with Crippen LogP contribution >= 0.6 is 0 Å². The lowest BCUT2D eigenvalue weighted by Crippen LogP contribution is -2.41. The van der Waals surface area contributed by atoms with Crippen LogP contribution < -0.4 is 20.9 Å². The molecule has 2 unspecified atom stereocenters. The van der Waals surface area contributed by atoms with Gasteiger partial charge in [-0.05, 0) is 37.8 Å². The third kappa shape index (κ3) is 2.88. The molecule has 0 spiro atoms. The lowest BCUT2D eigenvalue weighted by Gasteiger charge is -2.28. The molecule has 1 aromatic rings. The van der Waals surface area contributed by atoms with Crippen molar-refractivity contribution in [2.24, 2.45) is 0 Å². The highest BCUT2D eigenvalue weighted by atomic mass is 16.4. The molecule has 3 rings (SSSR count). The van der Waals surface area contributed by atoms with E-state index >= 15 is 0 Å². The Morgan fingerprint density at radius 2 is 2.04 bits per heavy atom. The van der Waals surface area contributed by atoms with Crippen molar-refractivity contribution in [1.82, 2.24) is 10.3 Å². The molecule has 1 aromatic heterocycles. The first kappa shape index (κ1) is 15.4. The van der Waals surface area contributed by atoms with Gasteiger partial charge < -0.3 is 26.0 Å². The van der Waals surface area contributed by atoms with Crippen LogP contribution in [0.2, 0.25) is 0 Å². The minimum absolute atomic E-state index is 0.0784. The fourth-order valence-corrected chi connectivity index (χ4v) is 3.41. The van der Waals surface area contributed by atoms with Crippen molar-refractivity contribution in [2.45, 2.75) is 37.9 Å². The predicted octanol–water partition coefficient (Wildman–Crippen LogP) is 0.389. The maximum Gasteiger partial charge on any atom is 0.326 e. The number of amides is 1. The summed E-state index contributed by atoms with van der Waals surface area (Å²) >= 11 is 0. The molecule has 2 atom stereocenters. The van der Waals surface area contributed by atoms with E-state index < -0.39 is 12.0 Å². The van der Waals surface area contributed by atoms with E-state index in [9.17, 15) is 14.7 Å². The average molecular weight is 319 g/mol. The van der Waals surface area contributed by atoms with Crippen molar-refractivity contribution in [3.8, 4) is 0 Å². The fourth-order valence-electron chi connectivity index (χ4n) is 3.41. The van der Waals surface area contributed by atoms with Crippen LogP contribution in [0.4, 0.5) is 17.3 Å². The normalized spacial score (nSPS) is 24.0.